The molecular formula is C23H32O4. The molecular weight excluding hydrogens is 340 g/mol. The summed E-state index contributed by atoms with van der Waals surface area (Å²) >= 11 is 0. The Hall–Kier alpha value is -1.97. The number of allylic oxidation sites excluding steroid dienone is 1. The van der Waals surface area contributed by atoms with E-state index < -0.39 is 11.6 Å². The van der Waals surface area contributed by atoms with Crippen molar-refractivity contribution in [1.29, 1.82) is 0 Å². The molecule has 0 spiro atoms. The molecule has 27 heavy (non-hydrogen) atoms. The monoisotopic (exact) mass is 372 g/mol. The molecule has 3 rings (SSSR count). The number of hydrogen-bond acceptors (Lipinski definition) is 3. The second-order valence-corrected chi connectivity index (χ2v) is 9.29. The van der Waals surface area contributed by atoms with Gasteiger partial charge in [-0.25, -0.2) is 4.79 Å². The maximum atomic E-state index is 11.5. The number of unbranched alkanes of at least 4 members (excludes halogenated alkanes) is 1. The number of aliphatic carboxylic acids is 1. The summed E-state index contributed by atoms with van der Waals surface area (Å²) in [5, 5.41) is 20.4. The number of carboxylic acid groups (broad SMARTS) is 1. The summed E-state index contributed by atoms with van der Waals surface area (Å²) in [4.78, 5) is 11.5. The Balaban J connectivity index is 2.06. The van der Waals surface area contributed by atoms with Crippen LogP contribution in [0.1, 0.15) is 83.8 Å². The van der Waals surface area contributed by atoms with Gasteiger partial charge < -0.3 is 14.9 Å². The van der Waals surface area contributed by atoms with Crippen molar-refractivity contribution in [1.82, 2.24) is 0 Å². The molecule has 4 heteroatoms. The normalized spacial score (nSPS) is 23.7. The first kappa shape index (κ1) is 19.8. The van der Waals surface area contributed by atoms with Crippen molar-refractivity contribution in [3.63, 3.8) is 0 Å². The third kappa shape index (κ3) is 3.59. The van der Waals surface area contributed by atoms with Crippen LogP contribution in [0.3, 0.4) is 0 Å². The second kappa shape index (κ2) is 6.88. The summed E-state index contributed by atoms with van der Waals surface area (Å²) in [6.07, 6.45) is 6.22. The van der Waals surface area contributed by atoms with Crippen LogP contribution in [0.25, 0.3) is 0 Å². The molecule has 1 aromatic carbocycles. The van der Waals surface area contributed by atoms with Crippen molar-refractivity contribution in [3.05, 3.63) is 34.9 Å². The average molecular weight is 373 g/mol. The van der Waals surface area contributed by atoms with Crippen molar-refractivity contribution in [2.24, 2.45) is 5.92 Å². The zero-order chi connectivity index (χ0) is 20.0. The van der Waals surface area contributed by atoms with E-state index in [4.69, 9.17) is 4.74 Å². The van der Waals surface area contributed by atoms with Gasteiger partial charge in [-0.3, -0.25) is 0 Å². The third-order valence-electron chi connectivity index (χ3n) is 6.51. The minimum atomic E-state index is -0.865. The molecule has 0 fully saturated rings. The SMILES string of the molecule is CCCCC(C)(C)c1cc(O)c2c(c1)OC(C)(C)C1CC=C(C(=O)O)C[C@@H]21. The first-order chi connectivity index (χ1) is 12.6. The number of benzene rings is 1. The Labute approximate surface area is 162 Å². The van der Waals surface area contributed by atoms with E-state index in [0.29, 0.717) is 24.2 Å². The number of ether oxygens (including phenoxy) is 1. The van der Waals surface area contributed by atoms with Gasteiger partial charge in [0.2, 0.25) is 0 Å². The van der Waals surface area contributed by atoms with Crippen molar-refractivity contribution >= 4 is 5.97 Å². The van der Waals surface area contributed by atoms with Gasteiger partial charge in [0.05, 0.1) is 0 Å². The minimum absolute atomic E-state index is 0.0346. The summed E-state index contributed by atoms with van der Waals surface area (Å²) in [7, 11) is 0. The molecule has 2 atom stereocenters. The van der Waals surface area contributed by atoms with Gasteiger partial charge in [0, 0.05) is 23.0 Å². The number of rotatable bonds is 5. The van der Waals surface area contributed by atoms with Crippen LogP contribution in [0.2, 0.25) is 0 Å². The lowest BCUT2D eigenvalue weighted by molar-refractivity contribution is -0.133. The van der Waals surface area contributed by atoms with Crippen molar-refractivity contribution in [2.45, 2.75) is 83.7 Å². The standard InChI is InChI=1S/C23H32O4/c1-6-7-10-22(2,3)15-12-18(24)20-16-11-14(21(25)26)8-9-17(16)23(4,5)27-19(20)13-15/h8,12-13,16-17,24H,6-7,9-11H2,1-5H3,(H,25,26)/t16-,17?/m1/s1. The number of carboxylic acids is 1. The topological polar surface area (TPSA) is 66.8 Å². The first-order valence-electron chi connectivity index (χ1n) is 10.1. The fourth-order valence-electron chi connectivity index (χ4n) is 4.72. The summed E-state index contributed by atoms with van der Waals surface area (Å²) < 4.78 is 6.37. The zero-order valence-electron chi connectivity index (χ0n) is 17.1. The van der Waals surface area contributed by atoms with E-state index in [2.05, 4.69) is 40.7 Å². The highest BCUT2D eigenvalue weighted by atomic mass is 16.5. The molecule has 148 valence electrons. The molecule has 2 aliphatic rings. The van der Waals surface area contributed by atoms with Crippen LogP contribution in [0, 0.1) is 5.92 Å². The lowest BCUT2D eigenvalue weighted by Gasteiger charge is -2.47. The van der Waals surface area contributed by atoms with Crippen molar-refractivity contribution in [3.8, 4) is 11.5 Å². The molecule has 0 amide bonds. The van der Waals surface area contributed by atoms with E-state index >= 15 is 0 Å². The molecule has 1 aliphatic carbocycles. The Kier molecular flexibility index (Phi) is 5.04. The van der Waals surface area contributed by atoms with Crippen LogP contribution in [0.5, 0.6) is 11.5 Å². The van der Waals surface area contributed by atoms with Gasteiger partial charge in [0.15, 0.2) is 0 Å². The Bertz CT molecular complexity index is 773. The van der Waals surface area contributed by atoms with Gasteiger partial charge in [-0.1, -0.05) is 39.7 Å². The largest absolute Gasteiger partial charge is 0.508 e. The van der Waals surface area contributed by atoms with Gasteiger partial charge in [-0.15, -0.1) is 0 Å². The Morgan fingerprint density at radius 3 is 2.67 bits per heavy atom. The summed E-state index contributed by atoms with van der Waals surface area (Å²) in [6, 6.07) is 3.94. The summed E-state index contributed by atoms with van der Waals surface area (Å²) in [5.41, 5.74) is 1.83. The maximum absolute atomic E-state index is 11.5. The molecule has 4 nitrogen and oxygen atoms in total. The summed E-state index contributed by atoms with van der Waals surface area (Å²) in [5.74, 6) is 0.207. The molecule has 1 aliphatic heterocycles. The van der Waals surface area contributed by atoms with Gasteiger partial charge in [0.25, 0.3) is 0 Å². The number of phenols is 1. The fraction of sp³-hybridized carbons (Fsp3) is 0.609. The molecule has 1 heterocycles. The molecule has 0 radical (unpaired) electrons. The van der Waals surface area contributed by atoms with Crippen molar-refractivity contribution in [2.75, 3.05) is 0 Å². The van der Waals surface area contributed by atoms with E-state index in [-0.39, 0.29) is 23.0 Å². The molecule has 0 saturated carbocycles. The average Bonchev–Trinajstić information content (AvgIpc) is 2.58. The van der Waals surface area contributed by atoms with Crippen molar-refractivity contribution < 1.29 is 19.7 Å². The number of fused-ring (bicyclic) bond motifs is 3. The van der Waals surface area contributed by atoms with E-state index in [0.717, 1.165) is 30.4 Å². The Morgan fingerprint density at radius 2 is 2.04 bits per heavy atom. The fourth-order valence-corrected chi connectivity index (χ4v) is 4.72. The highest BCUT2D eigenvalue weighted by Gasteiger charge is 2.47. The van der Waals surface area contributed by atoms with Crippen LogP contribution < -0.4 is 4.74 Å². The predicted octanol–water partition coefficient (Wildman–Crippen LogP) is 5.54. The van der Waals surface area contributed by atoms with Crippen LogP contribution in [0.4, 0.5) is 0 Å². The van der Waals surface area contributed by atoms with Gasteiger partial charge in [0.1, 0.15) is 17.1 Å². The lowest BCUT2D eigenvalue weighted by atomic mass is 9.66. The third-order valence-corrected chi connectivity index (χ3v) is 6.51. The predicted molar refractivity (Wildman–Crippen MR) is 107 cm³/mol. The van der Waals surface area contributed by atoms with E-state index in [1.54, 1.807) is 0 Å². The van der Waals surface area contributed by atoms with E-state index in [1.807, 2.05) is 12.1 Å². The van der Waals surface area contributed by atoms with Crippen LogP contribution in [-0.2, 0) is 10.2 Å². The molecule has 0 bridgehead atoms. The number of carbonyl (C=O) groups is 1. The molecule has 1 aromatic rings. The first-order valence-corrected chi connectivity index (χ1v) is 10.1. The number of hydrogen-bond donors (Lipinski definition) is 2. The van der Waals surface area contributed by atoms with Crippen LogP contribution in [0.15, 0.2) is 23.8 Å². The quantitative estimate of drug-likeness (QED) is 0.712. The molecule has 2 N–H and O–H groups in total. The van der Waals surface area contributed by atoms with Gasteiger partial charge >= 0.3 is 5.97 Å². The highest BCUT2D eigenvalue weighted by Crippen LogP contribution is 2.55. The zero-order valence-corrected chi connectivity index (χ0v) is 17.1. The maximum Gasteiger partial charge on any atom is 0.331 e. The van der Waals surface area contributed by atoms with Crippen LogP contribution >= 0.6 is 0 Å². The van der Waals surface area contributed by atoms with Crippen LogP contribution in [-0.4, -0.2) is 21.8 Å². The Morgan fingerprint density at radius 1 is 1.33 bits per heavy atom. The molecule has 0 saturated heterocycles. The molecule has 1 unspecified atom stereocenters. The van der Waals surface area contributed by atoms with Gasteiger partial charge in [-0.2, -0.15) is 0 Å². The molecule has 0 aromatic heterocycles. The highest BCUT2D eigenvalue weighted by molar-refractivity contribution is 5.87. The van der Waals surface area contributed by atoms with E-state index in [1.165, 1.54) is 0 Å². The summed E-state index contributed by atoms with van der Waals surface area (Å²) in [6.45, 7) is 10.7. The number of phenolic OH excluding ortho intramolecular Hbond substituents is 1. The van der Waals surface area contributed by atoms with Gasteiger partial charge in [-0.05, 0) is 56.2 Å². The number of aromatic hydroxyl groups is 1. The lowest BCUT2D eigenvalue weighted by Crippen LogP contribution is -2.46. The van der Waals surface area contributed by atoms with E-state index in [9.17, 15) is 15.0 Å². The second-order valence-electron chi connectivity index (χ2n) is 9.29. The minimum Gasteiger partial charge on any atom is -0.508 e. The smallest absolute Gasteiger partial charge is 0.331 e.